The van der Waals surface area contributed by atoms with E-state index in [0.717, 1.165) is 30.1 Å². The summed E-state index contributed by atoms with van der Waals surface area (Å²) < 4.78 is 5.45. The first-order valence-electron chi connectivity index (χ1n) is 6.68. The summed E-state index contributed by atoms with van der Waals surface area (Å²) in [4.78, 5) is 0. The second-order valence-electron chi connectivity index (χ2n) is 5.24. The van der Waals surface area contributed by atoms with Gasteiger partial charge in [-0.25, -0.2) is 0 Å². The molecule has 0 spiro atoms. The highest BCUT2D eigenvalue weighted by Gasteiger charge is 2.55. The van der Waals surface area contributed by atoms with Crippen LogP contribution in [0.4, 0.5) is 0 Å². The van der Waals surface area contributed by atoms with E-state index in [1.807, 2.05) is 19.1 Å². The van der Waals surface area contributed by atoms with Gasteiger partial charge in [0.15, 0.2) is 0 Å². The zero-order valence-electron chi connectivity index (χ0n) is 10.2. The maximum Gasteiger partial charge on any atom is 0.119 e. The van der Waals surface area contributed by atoms with Crippen LogP contribution >= 0.6 is 11.6 Å². The minimum absolute atomic E-state index is 0.209. The van der Waals surface area contributed by atoms with Crippen LogP contribution in [0.3, 0.4) is 0 Å². The van der Waals surface area contributed by atoms with Crippen LogP contribution < -0.4 is 4.74 Å². The summed E-state index contributed by atoms with van der Waals surface area (Å²) in [5.74, 6) is 3.52. The van der Waals surface area contributed by atoms with Gasteiger partial charge in [0.25, 0.3) is 0 Å². The van der Waals surface area contributed by atoms with Gasteiger partial charge < -0.3 is 4.74 Å². The molecule has 0 amide bonds. The zero-order valence-corrected chi connectivity index (χ0v) is 11.0. The first-order chi connectivity index (χ1) is 8.31. The van der Waals surface area contributed by atoms with E-state index in [1.54, 1.807) is 0 Å². The van der Waals surface area contributed by atoms with Crippen molar-refractivity contribution in [2.24, 2.45) is 17.8 Å². The lowest BCUT2D eigenvalue weighted by Gasteiger charge is -2.12. The van der Waals surface area contributed by atoms with Crippen LogP contribution in [0.25, 0.3) is 0 Å². The smallest absolute Gasteiger partial charge is 0.119 e. The van der Waals surface area contributed by atoms with Gasteiger partial charge in [-0.05, 0) is 55.2 Å². The Kier molecular flexibility index (Phi) is 3.04. The lowest BCUT2D eigenvalue weighted by Crippen LogP contribution is -1.99. The topological polar surface area (TPSA) is 9.23 Å². The fourth-order valence-electron chi connectivity index (χ4n) is 3.45. The summed E-state index contributed by atoms with van der Waals surface area (Å²) in [5.41, 5.74) is 1.26. The van der Waals surface area contributed by atoms with Gasteiger partial charge in [0.2, 0.25) is 0 Å². The highest BCUT2D eigenvalue weighted by molar-refractivity contribution is 6.21. The van der Waals surface area contributed by atoms with Crippen LogP contribution in [0.15, 0.2) is 24.3 Å². The highest BCUT2D eigenvalue weighted by Crippen LogP contribution is 2.63. The van der Waals surface area contributed by atoms with Crippen LogP contribution in [-0.2, 0) is 0 Å². The second-order valence-corrected chi connectivity index (χ2v) is 5.71. The Morgan fingerprint density at radius 1 is 1.24 bits per heavy atom. The second kappa shape index (κ2) is 4.53. The number of hydrogen-bond donors (Lipinski definition) is 0. The molecule has 2 fully saturated rings. The van der Waals surface area contributed by atoms with Gasteiger partial charge in [-0.2, -0.15) is 0 Å². The minimum atomic E-state index is 0.209. The molecule has 1 aromatic rings. The van der Waals surface area contributed by atoms with E-state index < -0.39 is 0 Å². The molecule has 3 unspecified atom stereocenters. The monoisotopic (exact) mass is 250 g/mol. The van der Waals surface area contributed by atoms with E-state index in [0.29, 0.717) is 0 Å². The van der Waals surface area contributed by atoms with Crippen molar-refractivity contribution < 1.29 is 4.74 Å². The number of hydrogen-bond acceptors (Lipinski definition) is 1. The molecule has 1 aromatic carbocycles. The van der Waals surface area contributed by atoms with Gasteiger partial charge in [0.05, 0.1) is 12.0 Å². The van der Waals surface area contributed by atoms with Crippen molar-refractivity contribution in [1.82, 2.24) is 0 Å². The van der Waals surface area contributed by atoms with Gasteiger partial charge in [0, 0.05) is 0 Å². The molecule has 1 nitrogen and oxygen atoms in total. The van der Waals surface area contributed by atoms with Crippen LogP contribution in [-0.4, -0.2) is 6.61 Å². The maximum atomic E-state index is 6.59. The molecule has 2 aliphatic rings. The molecule has 2 saturated carbocycles. The predicted octanol–water partition coefficient (Wildman–Crippen LogP) is 4.41. The molecule has 0 saturated heterocycles. The number of benzene rings is 1. The molecular formula is C15H19ClO. The predicted molar refractivity (Wildman–Crippen MR) is 70.5 cm³/mol. The van der Waals surface area contributed by atoms with Gasteiger partial charge in [-0.3, -0.25) is 0 Å². The van der Waals surface area contributed by atoms with Crippen LogP contribution in [0.5, 0.6) is 5.75 Å². The zero-order chi connectivity index (χ0) is 11.8. The van der Waals surface area contributed by atoms with Crippen molar-refractivity contribution in [2.75, 3.05) is 6.61 Å². The molecule has 92 valence electrons. The Balaban J connectivity index is 1.67. The van der Waals surface area contributed by atoms with E-state index in [-0.39, 0.29) is 5.38 Å². The van der Waals surface area contributed by atoms with Crippen molar-refractivity contribution >= 4 is 11.6 Å². The molecule has 0 radical (unpaired) electrons. The van der Waals surface area contributed by atoms with Gasteiger partial charge >= 0.3 is 0 Å². The van der Waals surface area contributed by atoms with Crippen molar-refractivity contribution in [1.29, 1.82) is 0 Å². The minimum Gasteiger partial charge on any atom is -0.494 e. The molecule has 2 heteroatoms. The number of fused-ring (bicyclic) bond motifs is 1. The van der Waals surface area contributed by atoms with Crippen LogP contribution in [0.2, 0.25) is 0 Å². The Hall–Kier alpha value is -0.690. The summed E-state index contributed by atoms with van der Waals surface area (Å²) in [6.45, 7) is 2.72. The maximum absolute atomic E-state index is 6.59. The van der Waals surface area contributed by atoms with E-state index >= 15 is 0 Å². The molecule has 0 bridgehead atoms. The van der Waals surface area contributed by atoms with Crippen molar-refractivity contribution in [3.63, 3.8) is 0 Å². The molecule has 0 N–H and O–H groups in total. The first kappa shape index (κ1) is 11.4. The highest BCUT2D eigenvalue weighted by atomic mass is 35.5. The number of rotatable bonds is 4. The van der Waals surface area contributed by atoms with Gasteiger partial charge in [-0.15, -0.1) is 11.6 Å². The summed E-state index contributed by atoms with van der Waals surface area (Å²) in [6, 6.07) is 8.31. The third-order valence-electron chi connectivity index (χ3n) is 4.32. The Morgan fingerprint density at radius 2 is 1.88 bits per heavy atom. The Labute approximate surface area is 108 Å². The average Bonchev–Trinajstić information content (AvgIpc) is 2.83. The molecule has 0 heterocycles. The molecule has 0 aromatic heterocycles. The largest absolute Gasteiger partial charge is 0.494 e. The van der Waals surface area contributed by atoms with Crippen LogP contribution in [0, 0.1) is 17.8 Å². The fourth-order valence-corrected chi connectivity index (χ4v) is 3.97. The molecule has 3 atom stereocenters. The molecule has 0 aliphatic heterocycles. The Morgan fingerprint density at radius 3 is 2.47 bits per heavy atom. The quantitative estimate of drug-likeness (QED) is 0.720. The van der Waals surface area contributed by atoms with Crippen molar-refractivity contribution in [3.05, 3.63) is 29.8 Å². The standard InChI is InChI=1S/C15H19ClO/c1-2-17-11-8-6-10(7-9-11)15(16)14-12-4-3-5-13(12)14/h6-9,12-15H,2-5H2,1H3. The third kappa shape index (κ3) is 2.06. The molecule has 2 aliphatic carbocycles. The number of alkyl halides is 1. The lowest BCUT2D eigenvalue weighted by molar-refractivity contribution is 0.340. The van der Waals surface area contributed by atoms with E-state index in [1.165, 1.54) is 24.8 Å². The third-order valence-corrected chi connectivity index (χ3v) is 4.86. The summed E-state index contributed by atoms with van der Waals surface area (Å²) in [6.07, 6.45) is 4.21. The summed E-state index contributed by atoms with van der Waals surface area (Å²) in [7, 11) is 0. The molecular weight excluding hydrogens is 232 g/mol. The fraction of sp³-hybridized carbons (Fsp3) is 0.600. The van der Waals surface area contributed by atoms with Crippen molar-refractivity contribution in [3.8, 4) is 5.75 Å². The first-order valence-corrected chi connectivity index (χ1v) is 7.11. The normalized spacial score (nSPS) is 32.0. The summed E-state index contributed by atoms with van der Waals surface area (Å²) in [5, 5.41) is 0.209. The van der Waals surface area contributed by atoms with E-state index in [9.17, 15) is 0 Å². The molecule has 17 heavy (non-hydrogen) atoms. The summed E-state index contributed by atoms with van der Waals surface area (Å²) >= 11 is 6.59. The van der Waals surface area contributed by atoms with Gasteiger partial charge in [0.1, 0.15) is 5.75 Å². The Bertz CT molecular complexity index is 376. The number of ether oxygens (including phenoxy) is 1. The van der Waals surface area contributed by atoms with E-state index in [2.05, 4.69) is 12.1 Å². The van der Waals surface area contributed by atoms with Gasteiger partial charge in [-0.1, -0.05) is 18.6 Å². The molecule has 3 rings (SSSR count). The van der Waals surface area contributed by atoms with Crippen molar-refractivity contribution in [2.45, 2.75) is 31.6 Å². The number of halogens is 1. The average molecular weight is 251 g/mol. The lowest BCUT2D eigenvalue weighted by atomic mass is 10.0. The van der Waals surface area contributed by atoms with Crippen LogP contribution in [0.1, 0.15) is 37.1 Å². The van der Waals surface area contributed by atoms with E-state index in [4.69, 9.17) is 16.3 Å². The SMILES string of the molecule is CCOc1ccc(C(Cl)C2C3CCCC32)cc1.